The minimum absolute atomic E-state index is 0.365. The molecule has 80 valence electrons. The highest BCUT2D eigenvalue weighted by Gasteiger charge is 2.53. The molecule has 3 aliphatic carbocycles. The van der Waals surface area contributed by atoms with Gasteiger partial charge in [0, 0.05) is 6.42 Å². The van der Waals surface area contributed by atoms with E-state index in [2.05, 4.69) is 13.8 Å². The Morgan fingerprint density at radius 1 is 1.36 bits per heavy atom. The third-order valence-electron chi connectivity index (χ3n) is 4.87. The fourth-order valence-electron chi connectivity index (χ4n) is 3.70. The lowest BCUT2D eigenvalue weighted by Crippen LogP contribution is -2.52. The van der Waals surface area contributed by atoms with E-state index in [9.17, 15) is 4.79 Å². The summed E-state index contributed by atoms with van der Waals surface area (Å²) in [5, 5.41) is 0. The van der Waals surface area contributed by atoms with Crippen molar-refractivity contribution in [2.45, 2.75) is 52.9 Å². The normalized spacial score (nSPS) is 38.9. The van der Waals surface area contributed by atoms with Crippen molar-refractivity contribution in [2.24, 2.45) is 23.2 Å². The number of hydrogen-bond acceptors (Lipinski definition) is 1. The second-order valence-electron chi connectivity index (χ2n) is 5.94. The molecule has 0 aromatic heterocycles. The molecule has 3 unspecified atom stereocenters. The zero-order valence-electron chi connectivity index (χ0n) is 9.68. The van der Waals surface area contributed by atoms with Crippen LogP contribution in [0.1, 0.15) is 52.9 Å². The Kier molecular flexibility index (Phi) is 2.45. The van der Waals surface area contributed by atoms with E-state index >= 15 is 0 Å². The van der Waals surface area contributed by atoms with Crippen molar-refractivity contribution >= 4 is 5.78 Å². The molecular formula is C13H22O. The van der Waals surface area contributed by atoms with Gasteiger partial charge < -0.3 is 4.79 Å². The van der Waals surface area contributed by atoms with Crippen molar-refractivity contribution in [3.8, 4) is 0 Å². The van der Waals surface area contributed by atoms with Crippen molar-refractivity contribution in [3.05, 3.63) is 0 Å². The van der Waals surface area contributed by atoms with Crippen LogP contribution in [0, 0.1) is 23.2 Å². The molecule has 0 aliphatic heterocycles. The Hall–Kier alpha value is -0.330. The van der Waals surface area contributed by atoms with E-state index in [1.165, 1.54) is 19.3 Å². The molecule has 3 fully saturated rings. The third kappa shape index (κ3) is 1.51. The van der Waals surface area contributed by atoms with Crippen LogP contribution < -0.4 is 0 Å². The first-order valence-corrected chi connectivity index (χ1v) is 6.01. The van der Waals surface area contributed by atoms with Crippen LogP contribution in [0.25, 0.3) is 0 Å². The molecule has 0 heterocycles. The minimum atomic E-state index is 0.365. The van der Waals surface area contributed by atoms with Crippen molar-refractivity contribution in [2.75, 3.05) is 0 Å². The van der Waals surface area contributed by atoms with E-state index in [-0.39, 0.29) is 0 Å². The number of fused-ring (bicyclic) bond motifs is 2. The number of rotatable bonds is 3. The third-order valence-corrected chi connectivity index (χ3v) is 4.87. The number of hydrogen-bond donors (Lipinski definition) is 0. The molecule has 14 heavy (non-hydrogen) atoms. The average Bonchev–Trinajstić information content (AvgIpc) is 2.14. The standard InChI is InChI=1S/C13H22O/c1-9(14)4-5-10-6-7-11-8-12(10)13(11,2)3/h10-12H,4-8H2,1-3H3. The van der Waals surface area contributed by atoms with E-state index in [1.807, 2.05) is 0 Å². The topological polar surface area (TPSA) is 17.1 Å². The van der Waals surface area contributed by atoms with Gasteiger partial charge in [-0.05, 0) is 55.8 Å². The quantitative estimate of drug-likeness (QED) is 0.672. The summed E-state index contributed by atoms with van der Waals surface area (Å²) in [5.41, 5.74) is 0.583. The fourth-order valence-corrected chi connectivity index (χ4v) is 3.70. The predicted molar refractivity (Wildman–Crippen MR) is 58.0 cm³/mol. The second kappa shape index (κ2) is 3.36. The van der Waals surface area contributed by atoms with Crippen molar-refractivity contribution < 1.29 is 4.79 Å². The molecule has 0 N–H and O–H groups in total. The SMILES string of the molecule is CC(=O)CCC1CCC2CC1C2(C)C. The summed E-state index contributed by atoms with van der Waals surface area (Å²) in [7, 11) is 0. The number of carbonyl (C=O) groups is 1. The van der Waals surface area contributed by atoms with Gasteiger partial charge in [-0.25, -0.2) is 0 Å². The minimum Gasteiger partial charge on any atom is -0.300 e. The van der Waals surface area contributed by atoms with Crippen LogP contribution in [0.2, 0.25) is 0 Å². The summed E-state index contributed by atoms with van der Waals surface area (Å²) in [6, 6.07) is 0. The molecule has 0 amide bonds. The van der Waals surface area contributed by atoms with Crippen LogP contribution in [-0.2, 0) is 4.79 Å². The maximum Gasteiger partial charge on any atom is 0.129 e. The molecule has 3 rings (SSSR count). The number of Topliss-reactive ketones (excluding diaryl/α,β-unsaturated/α-hetero) is 1. The summed E-state index contributed by atoms with van der Waals surface area (Å²) < 4.78 is 0. The summed E-state index contributed by atoms with van der Waals surface area (Å²) in [4.78, 5) is 11.0. The largest absolute Gasteiger partial charge is 0.300 e. The van der Waals surface area contributed by atoms with Gasteiger partial charge in [-0.15, -0.1) is 0 Å². The smallest absolute Gasteiger partial charge is 0.129 e. The predicted octanol–water partition coefficient (Wildman–Crippen LogP) is 3.43. The molecule has 3 aliphatic rings. The summed E-state index contributed by atoms with van der Waals surface area (Å²) in [6.45, 7) is 6.56. The van der Waals surface area contributed by atoms with Crippen LogP contribution >= 0.6 is 0 Å². The maximum atomic E-state index is 11.0. The fraction of sp³-hybridized carbons (Fsp3) is 0.923. The van der Waals surface area contributed by atoms with E-state index in [0.29, 0.717) is 11.2 Å². The van der Waals surface area contributed by atoms with Crippen LogP contribution in [-0.4, -0.2) is 5.78 Å². The molecule has 0 spiro atoms. The Morgan fingerprint density at radius 2 is 2.07 bits per heavy atom. The first-order chi connectivity index (χ1) is 6.51. The molecule has 0 aromatic carbocycles. The second-order valence-corrected chi connectivity index (χ2v) is 5.94. The molecule has 0 saturated heterocycles. The summed E-state index contributed by atoms with van der Waals surface area (Å²) in [6.07, 6.45) is 6.19. The highest BCUT2D eigenvalue weighted by atomic mass is 16.1. The van der Waals surface area contributed by atoms with Gasteiger partial charge in [0.2, 0.25) is 0 Å². The summed E-state index contributed by atoms with van der Waals surface area (Å²) >= 11 is 0. The van der Waals surface area contributed by atoms with E-state index in [4.69, 9.17) is 0 Å². The Balaban J connectivity index is 1.91. The zero-order chi connectivity index (χ0) is 10.3. The first-order valence-electron chi connectivity index (χ1n) is 6.01. The van der Waals surface area contributed by atoms with Crippen molar-refractivity contribution in [1.82, 2.24) is 0 Å². The van der Waals surface area contributed by atoms with Crippen LogP contribution in [0.15, 0.2) is 0 Å². The van der Waals surface area contributed by atoms with E-state index < -0.39 is 0 Å². The Bertz CT molecular complexity index is 240. The lowest BCUT2D eigenvalue weighted by molar-refractivity contribution is -0.121. The first kappa shape index (κ1) is 10.2. The Morgan fingerprint density at radius 3 is 2.57 bits per heavy atom. The van der Waals surface area contributed by atoms with Gasteiger partial charge in [-0.2, -0.15) is 0 Å². The number of carbonyl (C=O) groups excluding carboxylic acids is 1. The van der Waals surface area contributed by atoms with Gasteiger partial charge in [0.1, 0.15) is 5.78 Å². The molecule has 1 nitrogen and oxygen atoms in total. The van der Waals surface area contributed by atoms with Crippen molar-refractivity contribution in [1.29, 1.82) is 0 Å². The van der Waals surface area contributed by atoms with Gasteiger partial charge >= 0.3 is 0 Å². The summed E-state index contributed by atoms with van der Waals surface area (Å²) in [5.74, 6) is 3.12. The molecule has 3 atom stereocenters. The molecule has 3 saturated carbocycles. The number of ketones is 1. The molecular weight excluding hydrogens is 172 g/mol. The molecule has 1 heteroatoms. The van der Waals surface area contributed by atoms with Gasteiger partial charge in [0.25, 0.3) is 0 Å². The van der Waals surface area contributed by atoms with Crippen molar-refractivity contribution in [3.63, 3.8) is 0 Å². The van der Waals surface area contributed by atoms with Crippen LogP contribution in [0.4, 0.5) is 0 Å². The van der Waals surface area contributed by atoms with Crippen LogP contribution in [0.3, 0.4) is 0 Å². The average molecular weight is 194 g/mol. The van der Waals surface area contributed by atoms with Gasteiger partial charge in [0.15, 0.2) is 0 Å². The molecule has 0 radical (unpaired) electrons. The molecule has 0 aromatic rings. The molecule has 2 bridgehead atoms. The monoisotopic (exact) mass is 194 g/mol. The lowest BCUT2D eigenvalue weighted by Gasteiger charge is -2.60. The van der Waals surface area contributed by atoms with E-state index in [0.717, 1.165) is 30.6 Å². The maximum absolute atomic E-state index is 11.0. The van der Waals surface area contributed by atoms with E-state index in [1.54, 1.807) is 6.92 Å². The highest BCUT2D eigenvalue weighted by molar-refractivity contribution is 5.75. The van der Waals surface area contributed by atoms with Crippen LogP contribution in [0.5, 0.6) is 0 Å². The lowest BCUT2D eigenvalue weighted by atomic mass is 9.45. The van der Waals surface area contributed by atoms with Gasteiger partial charge in [-0.1, -0.05) is 13.8 Å². The Labute approximate surface area is 87.3 Å². The zero-order valence-corrected chi connectivity index (χ0v) is 9.68. The van der Waals surface area contributed by atoms with Gasteiger partial charge in [-0.3, -0.25) is 0 Å². The highest BCUT2D eigenvalue weighted by Crippen LogP contribution is 2.62. The van der Waals surface area contributed by atoms with Gasteiger partial charge in [0.05, 0.1) is 0 Å².